The average Bonchev–Trinajstić information content (AvgIpc) is 3.29. The highest BCUT2D eigenvalue weighted by molar-refractivity contribution is 5.76. The minimum absolute atomic E-state index is 0.0845. The van der Waals surface area contributed by atoms with Gasteiger partial charge >= 0.3 is 0 Å². The third-order valence-corrected chi connectivity index (χ3v) is 6.11. The summed E-state index contributed by atoms with van der Waals surface area (Å²) in [5.74, 6) is 2.49. The first kappa shape index (κ1) is 19.9. The molecule has 1 atom stereocenters. The van der Waals surface area contributed by atoms with Gasteiger partial charge in [-0.2, -0.15) is 4.98 Å². The first-order valence-corrected chi connectivity index (χ1v) is 11.1. The molecule has 1 saturated heterocycles. The number of hydrogen-bond acceptors (Lipinski definition) is 7. The Labute approximate surface area is 180 Å². The molecule has 1 aliphatic heterocycles. The monoisotopic (exact) mass is 424 g/mol. The molecule has 8 heteroatoms. The molecule has 0 radical (unpaired) electrons. The van der Waals surface area contributed by atoms with E-state index in [1.807, 2.05) is 31.2 Å². The third-order valence-electron chi connectivity index (χ3n) is 6.11. The van der Waals surface area contributed by atoms with Crippen LogP contribution in [0.15, 0.2) is 33.2 Å². The number of hydrogen-bond donors (Lipinski definition) is 1. The average molecular weight is 425 g/mol. The Kier molecular flexibility index (Phi) is 5.29. The van der Waals surface area contributed by atoms with Gasteiger partial charge in [-0.15, -0.1) is 0 Å². The molecule has 31 heavy (non-hydrogen) atoms. The van der Waals surface area contributed by atoms with E-state index in [-0.39, 0.29) is 11.9 Å². The van der Waals surface area contributed by atoms with E-state index in [1.165, 1.54) is 19.8 Å². The highest BCUT2D eigenvalue weighted by Crippen LogP contribution is 2.33. The minimum atomic E-state index is -0.184. The summed E-state index contributed by atoms with van der Waals surface area (Å²) in [5.41, 5.74) is 2.56. The van der Waals surface area contributed by atoms with Crippen molar-refractivity contribution in [2.45, 2.75) is 51.5 Å². The molecule has 8 nitrogen and oxygen atoms in total. The van der Waals surface area contributed by atoms with Crippen molar-refractivity contribution in [1.29, 1.82) is 0 Å². The van der Waals surface area contributed by atoms with Crippen molar-refractivity contribution in [2.24, 2.45) is 5.92 Å². The molecule has 0 spiro atoms. The van der Waals surface area contributed by atoms with Crippen molar-refractivity contribution < 1.29 is 18.5 Å². The van der Waals surface area contributed by atoms with E-state index in [1.54, 1.807) is 0 Å². The lowest BCUT2D eigenvalue weighted by Gasteiger charge is -2.29. The molecule has 2 aliphatic rings. The molecule has 0 bridgehead atoms. The fraction of sp³-hybridized carbons (Fsp3) is 0.522. The zero-order valence-corrected chi connectivity index (χ0v) is 18.0. The Morgan fingerprint density at radius 1 is 1.26 bits per heavy atom. The molecule has 1 aromatic carbocycles. The van der Waals surface area contributed by atoms with Gasteiger partial charge in [-0.25, -0.2) is 0 Å². The van der Waals surface area contributed by atoms with E-state index < -0.39 is 0 Å². The number of amides is 1. The summed E-state index contributed by atoms with van der Waals surface area (Å²) in [6.45, 7) is 5.85. The van der Waals surface area contributed by atoms with Gasteiger partial charge in [0.25, 0.3) is 6.01 Å². The lowest BCUT2D eigenvalue weighted by atomic mass is 9.93. The van der Waals surface area contributed by atoms with E-state index in [9.17, 15) is 4.79 Å². The van der Waals surface area contributed by atoms with Crippen LogP contribution in [0.3, 0.4) is 0 Å². The first-order chi connectivity index (χ1) is 15.0. The second-order valence-corrected chi connectivity index (χ2v) is 8.72. The molecule has 1 aliphatic carbocycles. The largest absolute Gasteiger partial charge is 0.493 e. The van der Waals surface area contributed by atoms with Gasteiger partial charge in [0.05, 0.1) is 18.3 Å². The van der Waals surface area contributed by atoms with Gasteiger partial charge in [-0.3, -0.25) is 4.79 Å². The van der Waals surface area contributed by atoms with Crippen LogP contribution in [0.5, 0.6) is 5.75 Å². The van der Waals surface area contributed by atoms with Gasteiger partial charge in [-0.05, 0) is 50.7 Å². The van der Waals surface area contributed by atoms with Crippen LogP contribution in [0.4, 0.5) is 6.01 Å². The maximum absolute atomic E-state index is 11.3. The van der Waals surface area contributed by atoms with Crippen LogP contribution in [0.2, 0.25) is 0 Å². The van der Waals surface area contributed by atoms with Crippen LogP contribution in [0.1, 0.15) is 62.9 Å². The number of carbonyl (C=O) groups excluding carboxylic acids is 1. The Morgan fingerprint density at radius 2 is 2.06 bits per heavy atom. The van der Waals surface area contributed by atoms with Crippen LogP contribution in [0, 0.1) is 5.92 Å². The summed E-state index contributed by atoms with van der Waals surface area (Å²) in [6.07, 6.45) is 4.42. The minimum Gasteiger partial charge on any atom is -0.493 e. The van der Waals surface area contributed by atoms with E-state index in [0.717, 1.165) is 61.0 Å². The molecule has 1 N–H and O–H groups in total. The standard InChI is InChI=1S/C23H28N4O4/c1-14(24-15(2)28)21-12-20(26-31-21)17-7-9-27(10-8-17)23-25-19-6-5-18(11-22(19)30-23)29-13-16-3-4-16/h5-6,11-12,14,16-17H,3-4,7-10,13H2,1-2H3,(H,24,28)/t14-/m0/s1. The van der Waals surface area contributed by atoms with Gasteiger partial charge < -0.3 is 23.9 Å². The third kappa shape index (κ3) is 4.52. The molecule has 2 aromatic heterocycles. The molecule has 0 unspecified atom stereocenters. The van der Waals surface area contributed by atoms with E-state index in [0.29, 0.717) is 17.7 Å². The van der Waals surface area contributed by atoms with Crippen LogP contribution in [-0.2, 0) is 4.79 Å². The molecule has 3 aromatic rings. The summed E-state index contributed by atoms with van der Waals surface area (Å²) in [7, 11) is 0. The van der Waals surface area contributed by atoms with Crippen LogP contribution in [0.25, 0.3) is 11.1 Å². The summed E-state index contributed by atoms with van der Waals surface area (Å²) >= 11 is 0. The Morgan fingerprint density at radius 3 is 2.81 bits per heavy atom. The SMILES string of the molecule is CC(=O)N[C@@H](C)c1cc(C2CCN(c3nc4ccc(OCC5CC5)cc4o3)CC2)no1. The van der Waals surface area contributed by atoms with Crippen molar-refractivity contribution in [3.63, 3.8) is 0 Å². The molecule has 164 valence electrons. The fourth-order valence-electron chi connectivity index (χ4n) is 4.06. The van der Waals surface area contributed by atoms with Crippen LogP contribution < -0.4 is 15.0 Å². The Bertz CT molecular complexity index is 1060. The maximum Gasteiger partial charge on any atom is 0.298 e. The lowest BCUT2D eigenvalue weighted by molar-refractivity contribution is -0.119. The van der Waals surface area contributed by atoms with Crippen molar-refractivity contribution in [3.05, 3.63) is 35.7 Å². The van der Waals surface area contributed by atoms with Crippen molar-refractivity contribution in [2.75, 3.05) is 24.6 Å². The van der Waals surface area contributed by atoms with E-state index in [2.05, 4.69) is 20.4 Å². The number of ether oxygens (including phenoxy) is 1. The predicted molar refractivity (Wildman–Crippen MR) is 115 cm³/mol. The number of oxazole rings is 1. The van der Waals surface area contributed by atoms with Gasteiger partial charge in [-0.1, -0.05) is 5.16 Å². The topological polar surface area (TPSA) is 93.6 Å². The second-order valence-electron chi connectivity index (χ2n) is 8.72. The van der Waals surface area contributed by atoms with Crippen molar-refractivity contribution in [3.8, 4) is 5.75 Å². The molecule has 3 heterocycles. The highest BCUT2D eigenvalue weighted by Gasteiger charge is 2.27. The van der Waals surface area contributed by atoms with Crippen LogP contribution >= 0.6 is 0 Å². The first-order valence-electron chi connectivity index (χ1n) is 11.1. The molecule has 2 fully saturated rings. The zero-order chi connectivity index (χ0) is 21.4. The number of aromatic nitrogens is 2. The number of piperidine rings is 1. The number of nitrogens with one attached hydrogen (secondary N) is 1. The van der Waals surface area contributed by atoms with E-state index >= 15 is 0 Å². The molecular weight excluding hydrogens is 396 g/mol. The maximum atomic E-state index is 11.3. The second kappa shape index (κ2) is 8.24. The summed E-state index contributed by atoms with van der Waals surface area (Å²) in [4.78, 5) is 18.1. The fourth-order valence-corrected chi connectivity index (χ4v) is 4.06. The van der Waals surface area contributed by atoms with Crippen molar-refractivity contribution in [1.82, 2.24) is 15.5 Å². The molecular formula is C23H28N4O4. The summed E-state index contributed by atoms with van der Waals surface area (Å²) in [6, 6.07) is 8.31. The highest BCUT2D eigenvalue weighted by atomic mass is 16.5. The van der Waals surface area contributed by atoms with E-state index in [4.69, 9.17) is 13.7 Å². The smallest absolute Gasteiger partial charge is 0.298 e. The van der Waals surface area contributed by atoms with Crippen molar-refractivity contribution >= 4 is 23.0 Å². The normalized spacial score (nSPS) is 18.3. The molecule has 1 amide bonds. The number of fused-ring (bicyclic) bond motifs is 1. The summed E-state index contributed by atoms with van der Waals surface area (Å²) < 4.78 is 17.4. The van der Waals surface area contributed by atoms with Gasteiger partial charge in [0, 0.05) is 38.1 Å². The number of nitrogens with zero attached hydrogens (tertiary/aromatic N) is 3. The Balaban J connectivity index is 1.20. The van der Waals surface area contributed by atoms with Gasteiger partial charge in [0.15, 0.2) is 11.3 Å². The molecule has 5 rings (SSSR count). The number of benzene rings is 1. The predicted octanol–water partition coefficient (Wildman–Crippen LogP) is 4.19. The van der Waals surface area contributed by atoms with Crippen LogP contribution in [-0.4, -0.2) is 35.7 Å². The molecule has 1 saturated carbocycles. The van der Waals surface area contributed by atoms with Gasteiger partial charge in [0.2, 0.25) is 5.91 Å². The lowest BCUT2D eigenvalue weighted by Crippen LogP contribution is -2.33. The number of anilines is 1. The van der Waals surface area contributed by atoms with Gasteiger partial charge in [0.1, 0.15) is 11.3 Å². The number of rotatable bonds is 7. The summed E-state index contributed by atoms with van der Waals surface area (Å²) in [5, 5.41) is 7.07. The quantitative estimate of drug-likeness (QED) is 0.608. The Hall–Kier alpha value is -3.03. The zero-order valence-electron chi connectivity index (χ0n) is 18.0. The number of carbonyl (C=O) groups is 1.